The topological polar surface area (TPSA) is 60.4 Å². The number of methoxy groups -OCH3 is 1. The van der Waals surface area contributed by atoms with Crippen LogP contribution in [0.1, 0.15) is 51.9 Å². The highest BCUT2D eigenvalue weighted by Gasteiger charge is 1.92. The maximum absolute atomic E-state index is 10.6. The second-order valence-corrected chi connectivity index (χ2v) is 3.53. The van der Waals surface area contributed by atoms with E-state index in [1.165, 1.54) is 27.9 Å². The summed E-state index contributed by atoms with van der Waals surface area (Å²) in [4.78, 5) is 29.7. The van der Waals surface area contributed by atoms with Crippen LogP contribution < -0.4 is 0 Å². The maximum atomic E-state index is 10.6. The van der Waals surface area contributed by atoms with Gasteiger partial charge in [0.1, 0.15) is 5.78 Å². The van der Waals surface area contributed by atoms with E-state index in [-0.39, 0.29) is 17.5 Å². The SMILES string of the molecule is CC.CC(=O)c1ccccc1.CC(C)=O.COC(C)=O. The van der Waals surface area contributed by atoms with Crippen molar-refractivity contribution in [2.45, 2.75) is 41.5 Å². The minimum atomic E-state index is -0.245. The average Bonchev–Trinajstić information content (AvgIpc) is 2.42. The number of Topliss-reactive ketones (excluding diaryl/α,β-unsaturated/α-hetero) is 2. The van der Waals surface area contributed by atoms with Gasteiger partial charge in [-0.2, -0.15) is 0 Å². The fourth-order valence-electron chi connectivity index (χ4n) is 0.673. The van der Waals surface area contributed by atoms with E-state index in [2.05, 4.69) is 4.74 Å². The van der Waals surface area contributed by atoms with E-state index in [0.717, 1.165) is 5.56 Å². The summed E-state index contributed by atoms with van der Waals surface area (Å²) in [6.07, 6.45) is 0. The summed E-state index contributed by atoms with van der Waals surface area (Å²) in [6.45, 7) is 9.98. The van der Waals surface area contributed by atoms with E-state index in [4.69, 9.17) is 0 Å². The van der Waals surface area contributed by atoms with Crippen LogP contribution in [0.5, 0.6) is 0 Å². The summed E-state index contributed by atoms with van der Waals surface area (Å²) >= 11 is 0. The molecule has 114 valence electrons. The number of rotatable bonds is 1. The first-order chi connectivity index (χ1) is 9.31. The number of esters is 1. The smallest absolute Gasteiger partial charge is 0.302 e. The van der Waals surface area contributed by atoms with Gasteiger partial charge in [0.05, 0.1) is 7.11 Å². The number of benzene rings is 1. The van der Waals surface area contributed by atoms with E-state index < -0.39 is 0 Å². The standard InChI is InChI=1S/C8H8O.C3H6O2.C3H6O.C2H6/c1-7(9)8-5-3-2-4-6-8;1-3(4)5-2;1-3(2)4;1-2/h2-6H,1H3;1-2H3;1-2H3;1-2H3. The predicted octanol–water partition coefficient (Wildman–Crippen LogP) is 3.69. The van der Waals surface area contributed by atoms with Gasteiger partial charge in [0, 0.05) is 12.5 Å². The van der Waals surface area contributed by atoms with Crippen LogP contribution in [0.2, 0.25) is 0 Å². The fraction of sp³-hybridized carbons (Fsp3) is 0.438. The van der Waals surface area contributed by atoms with Gasteiger partial charge in [0.15, 0.2) is 5.78 Å². The molecule has 0 bridgehead atoms. The Morgan fingerprint density at radius 3 is 1.30 bits per heavy atom. The van der Waals surface area contributed by atoms with Gasteiger partial charge in [-0.1, -0.05) is 44.2 Å². The third-order valence-electron chi connectivity index (χ3n) is 1.47. The quantitative estimate of drug-likeness (QED) is 0.582. The van der Waals surface area contributed by atoms with Crippen molar-refractivity contribution >= 4 is 17.5 Å². The Morgan fingerprint density at radius 2 is 1.15 bits per heavy atom. The zero-order chi connectivity index (χ0) is 16.6. The maximum Gasteiger partial charge on any atom is 0.302 e. The zero-order valence-electron chi connectivity index (χ0n) is 13.5. The van der Waals surface area contributed by atoms with Gasteiger partial charge in [-0.25, -0.2) is 0 Å². The molecule has 0 radical (unpaired) electrons. The molecule has 0 saturated carbocycles. The molecule has 1 rings (SSSR count). The molecule has 0 atom stereocenters. The number of ketones is 2. The van der Waals surface area contributed by atoms with E-state index in [1.807, 2.05) is 44.2 Å². The Hall–Kier alpha value is -1.97. The van der Waals surface area contributed by atoms with Crippen molar-refractivity contribution in [2.24, 2.45) is 0 Å². The summed E-state index contributed by atoms with van der Waals surface area (Å²) in [5.74, 6) is 0.0422. The van der Waals surface area contributed by atoms with Crippen molar-refractivity contribution in [3.63, 3.8) is 0 Å². The molecule has 20 heavy (non-hydrogen) atoms. The Labute approximate surface area is 122 Å². The van der Waals surface area contributed by atoms with Crippen LogP contribution in [0.4, 0.5) is 0 Å². The highest BCUT2D eigenvalue weighted by atomic mass is 16.5. The lowest BCUT2D eigenvalue weighted by Gasteiger charge is -1.89. The summed E-state index contributed by atoms with van der Waals surface area (Å²) in [6, 6.07) is 9.23. The molecular formula is C16H26O4. The lowest BCUT2D eigenvalue weighted by molar-refractivity contribution is -0.137. The van der Waals surface area contributed by atoms with Crippen LogP contribution in [0.15, 0.2) is 30.3 Å². The Kier molecular flexibility index (Phi) is 19.7. The molecule has 0 saturated heterocycles. The van der Waals surface area contributed by atoms with Crippen molar-refractivity contribution < 1.29 is 19.1 Å². The number of carbonyl (C=O) groups is 3. The minimum Gasteiger partial charge on any atom is -0.469 e. The zero-order valence-corrected chi connectivity index (χ0v) is 13.5. The molecule has 0 aromatic heterocycles. The van der Waals surface area contributed by atoms with E-state index in [0.29, 0.717) is 0 Å². The highest BCUT2D eigenvalue weighted by molar-refractivity contribution is 5.93. The molecule has 0 amide bonds. The van der Waals surface area contributed by atoms with Crippen LogP contribution in [-0.2, 0) is 14.3 Å². The summed E-state index contributed by atoms with van der Waals surface area (Å²) in [7, 11) is 1.35. The molecule has 0 N–H and O–H groups in total. The van der Waals surface area contributed by atoms with Gasteiger partial charge in [-0.3, -0.25) is 9.59 Å². The fourth-order valence-corrected chi connectivity index (χ4v) is 0.673. The van der Waals surface area contributed by atoms with Crippen LogP contribution >= 0.6 is 0 Å². The van der Waals surface area contributed by atoms with Gasteiger partial charge >= 0.3 is 5.97 Å². The third kappa shape index (κ3) is 25.0. The summed E-state index contributed by atoms with van der Waals surface area (Å²) < 4.78 is 4.11. The largest absolute Gasteiger partial charge is 0.469 e. The molecule has 0 heterocycles. The van der Waals surface area contributed by atoms with Crippen LogP contribution in [-0.4, -0.2) is 24.6 Å². The van der Waals surface area contributed by atoms with E-state index >= 15 is 0 Å². The molecule has 4 nitrogen and oxygen atoms in total. The highest BCUT2D eigenvalue weighted by Crippen LogP contribution is 1.97. The van der Waals surface area contributed by atoms with Gasteiger partial charge in [0.2, 0.25) is 0 Å². The van der Waals surface area contributed by atoms with Gasteiger partial charge < -0.3 is 9.53 Å². The van der Waals surface area contributed by atoms with Crippen molar-refractivity contribution in [3.05, 3.63) is 35.9 Å². The monoisotopic (exact) mass is 282 g/mol. The number of carbonyl (C=O) groups excluding carboxylic acids is 3. The van der Waals surface area contributed by atoms with E-state index in [1.54, 1.807) is 6.92 Å². The molecular weight excluding hydrogens is 256 g/mol. The summed E-state index contributed by atoms with van der Waals surface area (Å²) in [5, 5.41) is 0. The van der Waals surface area contributed by atoms with Crippen molar-refractivity contribution in [3.8, 4) is 0 Å². The molecule has 1 aromatic rings. The van der Waals surface area contributed by atoms with Crippen molar-refractivity contribution in [1.29, 1.82) is 0 Å². The minimum absolute atomic E-state index is 0.121. The first kappa shape index (κ1) is 23.1. The molecule has 0 aliphatic heterocycles. The van der Waals surface area contributed by atoms with Gasteiger partial charge in [-0.05, 0) is 20.8 Å². The third-order valence-corrected chi connectivity index (χ3v) is 1.47. The lowest BCUT2D eigenvalue weighted by atomic mass is 10.2. The Balaban J connectivity index is -0.000000226. The van der Waals surface area contributed by atoms with Crippen LogP contribution in [0, 0.1) is 0 Å². The first-order valence-electron chi connectivity index (χ1n) is 6.39. The van der Waals surface area contributed by atoms with Gasteiger partial charge in [0.25, 0.3) is 0 Å². The van der Waals surface area contributed by atoms with Crippen LogP contribution in [0.3, 0.4) is 0 Å². The molecule has 0 spiro atoms. The van der Waals surface area contributed by atoms with Crippen molar-refractivity contribution in [1.82, 2.24) is 0 Å². The number of hydrogen-bond acceptors (Lipinski definition) is 4. The second kappa shape index (κ2) is 17.0. The molecule has 4 heteroatoms. The molecule has 0 fully saturated rings. The molecule has 0 aliphatic carbocycles. The van der Waals surface area contributed by atoms with Crippen LogP contribution in [0.25, 0.3) is 0 Å². The molecule has 1 aromatic carbocycles. The lowest BCUT2D eigenvalue weighted by Crippen LogP contribution is -1.88. The second-order valence-electron chi connectivity index (χ2n) is 3.53. The molecule has 0 unspecified atom stereocenters. The normalized spacial score (nSPS) is 7.35. The Bertz CT molecular complexity index is 365. The number of ether oxygens (including phenoxy) is 1. The average molecular weight is 282 g/mol. The predicted molar refractivity (Wildman–Crippen MR) is 81.8 cm³/mol. The first-order valence-corrected chi connectivity index (χ1v) is 6.39. The van der Waals surface area contributed by atoms with E-state index in [9.17, 15) is 14.4 Å². The summed E-state index contributed by atoms with van der Waals surface area (Å²) in [5.41, 5.74) is 0.775. The van der Waals surface area contributed by atoms with Crippen molar-refractivity contribution in [2.75, 3.05) is 7.11 Å². The Morgan fingerprint density at radius 1 is 0.850 bits per heavy atom. The van der Waals surface area contributed by atoms with Gasteiger partial charge in [-0.15, -0.1) is 0 Å². The molecule has 0 aliphatic rings. The number of hydrogen-bond donors (Lipinski definition) is 0.